The molecule has 0 spiro atoms. The Bertz CT molecular complexity index is 849. The van der Waals surface area contributed by atoms with Crippen molar-refractivity contribution in [3.8, 4) is 5.75 Å². The molecule has 2 aliphatic rings. The van der Waals surface area contributed by atoms with Crippen LogP contribution in [0.4, 0.5) is 0 Å². The highest BCUT2D eigenvalue weighted by molar-refractivity contribution is 5.79. The SMILES string of the molecule is CN=C(NCc1ccc(C)cc1OCC1CC1)NCC1CCOC1c1ccccc1. The molecule has 30 heavy (non-hydrogen) atoms. The topological polar surface area (TPSA) is 54.9 Å². The van der Waals surface area contributed by atoms with E-state index in [1.807, 2.05) is 13.1 Å². The van der Waals surface area contributed by atoms with Crippen LogP contribution in [-0.4, -0.2) is 32.8 Å². The monoisotopic (exact) mass is 407 g/mol. The maximum atomic E-state index is 6.10. The van der Waals surface area contributed by atoms with Gasteiger partial charge in [-0.15, -0.1) is 0 Å². The Balaban J connectivity index is 1.31. The number of guanidine groups is 1. The molecule has 0 aromatic heterocycles. The largest absolute Gasteiger partial charge is 0.493 e. The maximum Gasteiger partial charge on any atom is 0.191 e. The van der Waals surface area contributed by atoms with Crippen LogP contribution in [0.15, 0.2) is 53.5 Å². The van der Waals surface area contributed by atoms with Gasteiger partial charge in [0.05, 0.1) is 12.7 Å². The van der Waals surface area contributed by atoms with Crippen LogP contribution in [0, 0.1) is 18.8 Å². The Morgan fingerprint density at radius 1 is 1.10 bits per heavy atom. The first kappa shape index (κ1) is 20.7. The third-order valence-corrected chi connectivity index (χ3v) is 5.94. The van der Waals surface area contributed by atoms with Gasteiger partial charge in [0.25, 0.3) is 0 Å². The lowest BCUT2D eigenvalue weighted by Crippen LogP contribution is -2.40. The van der Waals surface area contributed by atoms with Crippen molar-refractivity contribution >= 4 is 5.96 Å². The summed E-state index contributed by atoms with van der Waals surface area (Å²) < 4.78 is 12.1. The van der Waals surface area contributed by atoms with Crippen molar-refractivity contribution in [3.05, 3.63) is 65.2 Å². The summed E-state index contributed by atoms with van der Waals surface area (Å²) in [7, 11) is 1.81. The highest BCUT2D eigenvalue weighted by Crippen LogP contribution is 2.34. The minimum atomic E-state index is 0.149. The molecule has 0 bridgehead atoms. The van der Waals surface area contributed by atoms with E-state index in [0.29, 0.717) is 12.5 Å². The fourth-order valence-electron chi connectivity index (χ4n) is 3.92. The summed E-state index contributed by atoms with van der Waals surface area (Å²) in [5.41, 5.74) is 3.64. The quantitative estimate of drug-likeness (QED) is 0.508. The van der Waals surface area contributed by atoms with Crippen molar-refractivity contribution in [2.75, 3.05) is 26.8 Å². The van der Waals surface area contributed by atoms with E-state index in [4.69, 9.17) is 9.47 Å². The molecular formula is C25H33N3O2. The standard InChI is InChI=1S/C25H33N3O2/c1-18-8-11-21(23(14-18)30-17-19-9-10-19)15-27-25(26-2)28-16-22-12-13-29-24(22)20-6-4-3-5-7-20/h3-8,11,14,19,22,24H,9-10,12-13,15-17H2,1-2H3,(H2,26,27,28). The average Bonchev–Trinajstić information content (AvgIpc) is 3.49. The predicted octanol–water partition coefficient (Wildman–Crippen LogP) is 4.23. The summed E-state index contributed by atoms with van der Waals surface area (Å²) in [6.07, 6.45) is 3.80. The molecule has 1 saturated heterocycles. The van der Waals surface area contributed by atoms with Crippen LogP contribution in [0.2, 0.25) is 0 Å². The molecular weight excluding hydrogens is 374 g/mol. The van der Waals surface area contributed by atoms with Gasteiger partial charge in [-0.05, 0) is 49.3 Å². The fraction of sp³-hybridized carbons (Fsp3) is 0.480. The van der Waals surface area contributed by atoms with Gasteiger partial charge >= 0.3 is 0 Å². The number of aliphatic imine (C=N–C) groups is 1. The van der Waals surface area contributed by atoms with E-state index < -0.39 is 0 Å². The van der Waals surface area contributed by atoms with Gasteiger partial charge in [0.2, 0.25) is 0 Å². The van der Waals surface area contributed by atoms with Crippen LogP contribution in [-0.2, 0) is 11.3 Å². The van der Waals surface area contributed by atoms with Gasteiger partial charge in [0.1, 0.15) is 5.75 Å². The zero-order valence-electron chi connectivity index (χ0n) is 18.1. The van der Waals surface area contributed by atoms with E-state index in [1.54, 1.807) is 0 Å². The van der Waals surface area contributed by atoms with Gasteiger partial charge in [-0.25, -0.2) is 0 Å². The van der Waals surface area contributed by atoms with E-state index in [-0.39, 0.29) is 6.10 Å². The first-order chi connectivity index (χ1) is 14.7. The molecule has 2 atom stereocenters. The number of nitrogens with one attached hydrogen (secondary N) is 2. The molecule has 4 rings (SSSR count). The number of ether oxygens (including phenoxy) is 2. The Morgan fingerprint density at radius 2 is 1.93 bits per heavy atom. The molecule has 1 aliphatic heterocycles. The minimum Gasteiger partial charge on any atom is -0.493 e. The second-order valence-corrected chi connectivity index (χ2v) is 8.42. The molecule has 2 unspecified atom stereocenters. The van der Waals surface area contributed by atoms with Crippen molar-refractivity contribution in [2.45, 2.75) is 38.8 Å². The Morgan fingerprint density at radius 3 is 2.70 bits per heavy atom. The third kappa shape index (κ3) is 5.54. The first-order valence-electron chi connectivity index (χ1n) is 11.1. The van der Waals surface area contributed by atoms with Crippen LogP contribution in [0.5, 0.6) is 5.75 Å². The average molecular weight is 408 g/mol. The lowest BCUT2D eigenvalue weighted by atomic mass is 9.95. The van der Waals surface area contributed by atoms with E-state index in [2.05, 4.69) is 65.0 Å². The Kier molecular flexibility index (Phi) is 6.90. The molecule has 2 aromatic carbocycles. The first-order valence-corrected chi connectivity index (χ1v) is 11.1. The summed E-state index contributed by atoms with van der Waals surface area (Å²) in [6, 6.07) is 16.9. The van der Waals surface area contributed by atoms with Crippen molar-refractivity contribution in [1.82, 2.24) is 10.6 Å². The number of benzene rings is 2. The highest BCUT2D eigenvalue weighted by Gasteiger charge is 2.29. The van der Waals surface area contributed by atoms with Crippen LogP contribution >= 0.6 is 0 Å². The van der Waals surface area contributed by atoms with E-state index in [0.717, 1.165) is 49.4 Å². The molecule has 5 heteroatoms. The Labute approximate surface area is 179 Å². The zero-order chi connectivity index (χ0) is 20.8. The summed E-state index contributed by atoms with van der Waals surface area (Å²) in [6.45, 7) is 5.25. The van der Waals surface area contributed by atoms with E-state index in [1.165, 1.54) is 24.0 Å². The number of rotatable bonds is 8. The fourth-order valence-corrected chi connectivity index (χ4v) is 3.92. The van der Waals surface area contributed by atoms with Gasteiger partial charge in [0, 0.05) is 38.2 Å². The lowest BCUT2D eigenvalue weighted by Gasteiger charge is -2.21. The molecule has 2 fully saturated rings. The summed E-state index contributed by atoms with van der Waals surface area (Å²) in [4.78, 5) is 4.41. The van der Waals surface area contributed by atoms with Crippen LogP contribution < -0.4 is 15.4 Å². The van der Waals surface area contributed by atoms with Gasteiger partial charge in [-0.2, -0.15) is 0 Å². The molecule has 1 saturated carbocycles. The smallest absolute Gasteiger partial charge is 0.191 e. The van der Waals surface area contributed by atoms with Crippen LogP contribution in [0.1, 0.15) is 42.1 Å². The second kappa shape index (κ2) is 9.98. The summed E-state index contributed by atoms with van der Waals surface area (Å²) in [5, 5.41) is 6.94. The van der Waals surface area contributed by atoms with Crippen molar-refractivity contribution in [2.24, 2.45) is 16.8 Å². The maximum absolute atomic E-state index is 6.10. The Hall–Kier alpha value is -2.53. The van der Waals surface area contributed by atoms with E-state index in [9.17, 15) is 0 Å². The number of aryl methyl sites for hydroxylation is 1. The minimum absolute atomic E-state index is 0.149. The van der Waals surface area contributed by atoms with Crippen molar-refractivity contribution in [3.63, 3.8) is 0 Å². The van der Waals surface area contributed by atoms with Gasteiger partial charge in [0.15, 0.2) is 5.96 Å². The lowest BCUT2D eigenvalue weighted by molar-refractivity contribution is 0.0915. The van der Waals surface area contributed by atoms with Crippen LogP contribution in [0.25, 0.3) is 0 Å². The van der Waals surface area contributed by atoms with Crippen molar-refractivity contribution < 1.29 is 9.47 Å². The normalized spacial score (nSPS) is 21.5. The number of hydrogen-bond acceptors (Lipinski definition) is 3. The molecule has 0 radical (unpaired) electrons. The van der Waals surface area contributed by atoms with E-state index >= 15 is 0 Å². The molecule has 5 nitrogen and oxygen atoms in total. The van der Waals surface area contributed by atoms with Gasteiger partial charge in [-0.1, -0.05) is 42.5 Å². The molecule has 160 valence electrons. The van der Waals surface area contributed by atoms with Crippen LogP contribution in [0.3, 0.4) is 0 Å². The summed E-state index contributed by atoms with van der Waals surface area (Å²) >= 11 is 0. The molecule has 1 aliphatic carbocycles. The number of hydrogen-bond donors (Lipinski definition) is 2. The summed E-state index contributed by atoms with van der Waals surface area (Å²) in [5.74, 6) is 2.97. The zero-order valence-corrected chi connectivity index (χ0v) is 18.1. The third-order valence-electron chi connectivity index (χ3n) is 5.94. The number of nitrogens with zero attached hydrogens (tertiary/aromatic N) is 1. The van der Waals surface area contributed by atoms with Gasteiger partial charge in [-0.3, -0.25) is 4.99 Å². The molecule has 2 aromatic rings. The molecule has 2 N–H and O–H groups in total. The molecule has 0 amide bonds. The molecule has 1 heterocycles. The highest BCUT2D eigenvalue weighted by atomic mass is 16.5. The van der Waals surface area contributed by atoms with Crippen molar-refractivity contribution in [1.29, 1.82) is 0 Å². The second-order valence-electron chi connectivity index (χ2n) is 8.42. The predicted molar refractivity (Wildman–Crippen MR) is 121 cm³/mol. The van der Waals surface area contributed by atoms with Gasteiger partial charge < -0.3 is 20.1 Å².